The summed E-state index contributed by atoms with van der Waals surface area (Å²) in [6.07, 6.45) is 5.46. The van der Waals surface area contributed by atoms with E-state index >= 15 is 0 Å². The largest absolute Gasteiger partial charge is 0.308 e. The van der Waals surface area contributed by atoms with Crippen LogP contribution < -0.4 is 10.9 Å². The second kappa shape index (κ2) is 8.79. The molecule has 2 N–H and O–H groups in total. The summed E-state index contributed by atoms with van der Waals surface area (Å²) in [4.78, 5) is 33.2. The topological polar surface area (TPSA) is 127 Å². The fraction of sp³-hybridized carbons (Fsp3) is 0.150. The van der Waals surface area contributed by atoms with Gasteiger partial charge in [0.15, 0.2) is 5.78 Å². The Morgan fingerprint density at radius 3 is 2.14 bits per heavy atom. The number of nitro groups is 2. The maximum atomic E-state index is 12.7. The van der Waals surface area contributed by atoms with E-state index < -0.39 is 21.2 Å². The van der Waals surface area contributed by atoms with Crippen molar-refractivity contribution in [3.8, 4) is 0 Å². The molecule has 9 nitrogen and oxygen atoms in total. The smallest absolute Gasteiger partial charge is 0.278 e. The molecule has 0 saturated heterocycles. The van der Waals surface area contributed by atoms with Crippen LogP contribution in [0.25, 0.3) is 6.08 Å². The third-order valence-corrected chi connectivity index (χ3v) is 4.40. The second-order valence-corrected chi connectivity index (χ2v) is 6.45. The zero-order valence-corrected chi connectivity index (χ0v) is 15.3. The molecule has 29 heavy (non-hydrogen) atoms. The maximum absolute atomic E-state index is 12.7. The number of carbonyl (C=O) groups excluding carboxylic acids is 1. The zero-order chi connectivity index (χ0) is 20.8. The lowest BCUT2D eigenvalue weighted by Gasteiger charge is -2.17. The summed E-state index contributed by atoms with van der Waals surface area (Å²) in [5.74, 6) is -0.0700. The van der Waals surface area contributed by atoms with Gasteiger partial charge in [-0.1, -0.05) is 30.3 Å². The van der Waals surface area contributed by atoms with Gasteiger partial charge in [-0.2, -0.15) is 0 Å². The molecule has 2 aromatic carbocycles. The molecule has 0 atom stereocenters. The molecule has 1 aliphatic carbocycles. The summed E-state index contributed by atoms with van der Waals surface area (Å²) in [6, 6.07) is 12.8. The summed E-state index contributed by atoms with van der Waals surface area (Å²) < 4.78 is 0. The first-order valence-corrected chi connectivity index (χ1v) is 8.89. The van der Waals surface area contributed by atoms with Crippen LogP contribution in [0.4, 0.5) is 17.1 Å². The van der Waals surface area contributed by atoms with Crippen LogP contribution in [0.1, 0.15) is 24.8 Å². The maximum Gasteiger partial charge on any atom is 0.278 e. The van der Waals surface area contributed by atoms with E-state index in [9.17, 15) is 25.0 Å². The number of carbonyl (C=O) groups is 1. The lowest BCUT2D eigenvalue weighted by Crippen LogP contribution is -2.20. The average molecular weight is 394 g/mol. The van der Waals surface area contributed by atoms with Crippen molar-refractivity contribution >= 4 is 28.9 Å². The van der Waals surface area contributed by atoms with Crippen LogP contribution in [0.15, 0.2) is 65.9 Å². The van der Waals surface area contributed by atoms with Gasteiger partial charge in [-0.25, -0.2) is 0 Å². The molecule has 0 radical (unpaired) electrons. The molecule has 1 saturated carbocycles. The molecule has 2 aromatic rings. The molecule has 1 aliphatic rings. The number of Topliss-reactive ketones (excluding diaryl/α,β-unsaturated/α-hetero) is 1. The first-order valence-electron chi connectivity index (χ1n) is 8.89. The lowest BCUT2D eigenvalue weighted by atomic mass is 9.88. The van der Waals surface area contributed by atoms with Gasteiger partial charge in [-0.05, 0) is 30.9 Å². The molecular weight excluding hydrogens is 376 g/mol. The minimum Gasteiger partial charge on any atom is -0.308 e. The van der Waals surface area contributed by atoms with E-state index in [2.05, 4.69) is 10.9 Å². The van der Waals surface area contributed by atoms with E-state index in [0.29, 0.717) is 24.0 Å². The molecule has 0 aliphatic heterocycles. The van der Waals surface area contributed by atoms with Gasteiger partial charge in [-0.3, -0.25) is 25.0 Å². The molecule has 0 bridgehead atoms. The highest BCUT2D eigenvalue weighted by Gasteiger charge is 2.20. The Labute approximate surface area is 166 Å². The van der Waals surface area contributed by atoms with Gasteiger partial charge >= 0.3 is 0 Å². The van der Waals surface area contributed by atoms with E-state index in [4.69, 9.17) is 0 Å². The number of anilines is 1. The molecule has 3 rings (SSSR count). The average Bonchev–Trinajstić information content (AvgIpc) is 2.71. The van der Waals surface area contributed by atoms with Crippen LogP contribution in [-0.2, 0) is 4.79 Å². The van der Waals surface area contributed by atoms with Gasteiger partial charge in [-0.15, -0.1) is 0 Å². The van der Waals surface area contributed by atoms with Gasteiger partial charge in [0.2, 0.25) is 0 Å². The lowest BCUT2D eigenvalue weighted by molar-refractivity contribution is -0.394. The molecule has 0 amide bonds. The summed E-state index contributed by atoms with van der Waals surface area (Å²) in [7, 11) is 0. The minimum absolute atomic E-state index is 0.0700. The molecule has 148 valence electrons. The van der Waals surface area contributed by atoms with Crippen molar-refractivity contribution in [2.24, 2.45) is 0 Å². The van der Waals surface area contributed by atoms with Crippen molar-refractivity contribution in [1.82, 2.24) is 5.43 Å². The SMILES string of the molecule is O=C1/C(=C\c2ccccc2)CCC/C1=C\NNc1cc([N+](=O)[O-])cc([N+](=O)[O-])c1. The second-order valence-electron chi connectivity index (χ2n) is 6.45. The van der Waals surface area contributed by atoms with E-state index in [1.54, 1.807) is 0 Å². The molecule has 0 aromatic heterocycles. The van der Waals surface area contributed by atoms with Gasteiger partial charge in [0.05, 0.1) is 21.6 Å². The highest BCUT2D eigenvalue weighted by molar-refractivity contribution is 6.11. The Morgan fingerprint density at radius 2 is 1.52 bits per heavy atom. The van der Waals surface area contributed by atoms with Crippen molar-refractivity contribution in [3.63, 3.8) is 0 Å². The molecule has 0 unspecified atom stereocenters. The first kappa shape index (κ1) is 19.7. The highest BCUT2D eigenvalue weighted by atomic mass is 16.6. The highest BCUT2D eigenvalue weighted by Crippen LogP contribution is 2.27. The van der Waals surface area contributed by atoms with E-state index in [1.165, 1.54) is 18.3 Å². The Bertz CT molecular complexity index is 983. The van der Waals surface area contributed by atoms with Crippen LogP contribution >= 0.6 is 0 Å². The van der Waals surface area contributed by atoms with Crippen molar-refractivity contribution in [1.29, 1.82) is 0 Å². The molecule has 0 spiro atoms. The Hall–Kier alpha value is -4.01. The van der Waals surface area contributed by atoms with Crippen molar-refractivity contribution in [2.45, 2.75) is 19.3 Å². The Balaban J connectivity index is 1.73. The van der Waals surface area contributed by atoms with Crippen molar-refractivity contribution < 1.29 is 14.6 Å². The van der Waals surface area contributed by atoms with E-state index in [-0.39, 0.29) is 11.5 Å². The number of hydrogen-bond donors (Lipinski definition) is 2. The molecule has 9 heteroatoms. The molecular formula is C20H18N4O5. The van der Waals surface area contributed by atoms with E-state index in [1.807, 2.05) is 36.4 Å². The number of non-ortho nitro benzene ring substituents is 2. The Kier molecular flexibility index (Phi) is 5.98. The van der Waals surface area contributed by atoms with E-state index in [0.717, 1.165) is 18.1 Å². The van der Waals surface area contributed by atoms with Crippen LogP contribution in [0.3, 0.4) is 0 Å². The quantitative estimate of drug-likeness (QED) is 0.428. The van der Waals surface area contributed by atoms with Gasteiger partial charge in [0.25, 0.3) is 11.4 Å². The molecule has 1 fully saturated rings. The number of hydrogen-bond acceptors (Lipinski definition) is 7. The number of benzene rings is 2. The molecule has 0 heterocycles. The van der Waals surface area contributed by atoms with Crippen LogP contribution in [0.2, 0.25) is 0 Å². The predicted octanol–water partition coefficient (Wildman–Crippen LogP) is 4.14. The standard InChI is InChI=1S/C20H18N4O5/c25-20-15(9-14-5-2-1-3-6-14)7-4-8-16(20)13-21-22-17-10-18(23(26)27)12-19(11-17)24(28)29/h1-3,5-6,9-13,21-22H,4,7-8H2/b15-9-,16-13+. The third-order valence-electron chi connectivity index (χ3n) is 4.40. The summed E-state index contributed by atoms with van der Waals surface area (Å²) in [5.41, 5.74) is 6.93. The number of hydrazine groups is 1. The van der Waals surface area contributed by atoms with Crippen LogP contribution in [-0.4, -0.2) is 15.6 Å². The number of allylic oxidation sites excluding steroid dienone is 2. The number of nitrogens with zero attached hydrogens (tertiary/aromatic N) is 2. The minimum atomic E-state index is -0.706. The number of nitrogens with one attached hydrogen (secondary N) is 2. The summed E-state index contributed by atoms with van der Waals surface area (Å²) in [5, 5.41) is 21.9. The summed E-state index contributed by atoms with van der Waals surface area (Å²) >= 11 is 0. The monoisotopic (exact) mass is 394 g/mol. The van der Waals surface area contributed by atoms with Gasteiger partial charge in [0, 0.05) is 29.5 Å². The van der Waals surface area contributed by atoms with Gasteiger partial charge < -0.3 is 10.9 Å². The fourth-order valence-electron chi connectivity index (χ4n) is 3.01. The number of rotatable bonds is 6. The number of ketones is 1. The summed E-state index contributed by atoms with van der Waals surface area (Å²) in [6.45, 7) is 0. The van der Waals surface area contributed by atoms with Crippen molar-refractivity contribution in [2.75, 3.05) is 5.43 Å². The normalized spacial score (nSPS) is 16.6. The predicted molar refractivity (Wildman–Crippen MR) is 108 cm³/mol. The third kappa shape index (κ3) is 5.04. The zero-order valence-electron chi connectivity index (χ0n) is 15.3. The number of nitro benzene ring substituents is 2. The van der Waals surface area contributed by atoms with Crippen molar-refractivity contribution in [3.05, 3.63) is 91.7 Å². The van der Waals surface area contributed by atoms with Gasteiger partial charge in [0.1, 0.15) is 0 Å². The van der Waals surface area contributed by atoms with Crippen LogP contribution in [0.5, 0.6) is 0 Å². The first-order chi connectivity index (χ1) is 13.9. The van der Waals surface area contributed by atoms with Crippen LogP contribution in [0, 0.1) is 20.2 Å². The Morgan fingerprint density at radius 1 is 0.897 bits per heavy atom. The fourth-order valence-corrected chi connectivity index (χ4v) is 3.01.